The van der Waals surface area contributed by atoms with Crippen molar-refractivity contribution >= 4 is 33.3 Å². The highest BCUT2D eigenvalue weighted by molar-refractivity contribution is 7.89. The summed E-state index contributed by atoms with van der Waals surface area (Å²) in [4.78, 5) is 26.7. The molecule has 1 saturated heterocycles. The molecule has 0 atom stereocenters. The Morgan fingerprint density at radius 1 is 1.06 bits per heavy atom. The van der Waals surface area contributed by atoms with Gasteiger partial charge in [0.25, 0.3) is 5.91 Å². The third kappa shape index (κ3) is 5.83. The van der Waals surface area contributed by atoms with Gasteiger partial charge in [0, 0.05) is 24.5 Å². The molecule has 1 amide bonds. The van der Waals surface area contributed by atoms with Gasteiger partial charge in [0.15, 0.2) is 6.61 Å². The maximum Gasteiger partial charge on any atom is 0.338 e. The molecule has 8 nitrogen and oxygen atoms in total. The number of nitrogens with one attached hydrogen (secondary N) is 1. The summed E-state index contributed by atoms with van der Waals surface area (Å²) in [5.74, 6) is -1.29. The summed E-state index contributed by atoms with van der Waals surface area (Å²) in [7, 11) is -3.99. The first kappa shape index (κ1) is 22.8. The van der Waals surface area contributed by atoms with Crippen molar-refractivity contribution in [2.75, 3.05) is 29.9 Å². The van der Waals surface area contributed by atoms with Crippen LogP contribution in [0.4, 0.5) is 11.4 Å². The zero-order valence-corrected chi connectivity index (χ0v) is 18.5. The fourth-order valence-electron chi connectivity index (χ4n) is 3.56. The third-order valence-corrected chi connectivity index (χ3v) is 6.41. The average Bonchev–Trinajstić information content (AvgIpc) is 2.74. The maximum atomic E-state index is 12.3. The lowest BCUT2D eigenvalue weighted by molar-refractivity contribution is -0.119. The molecular weight excluding hydrogens is 418 g/mol. The van der Waals surface area contributed by atoms with Crippen LogP contribution in [0.1, 0.15) is 40.7 Å². The minimum atomic E-state index is -3.99. The van der Waals surface area contributed by atoms with E-state index in [9.17, 15) is 18.0 Å². The van der Waals surface area contributed by atoms with Crippen LogP contribution in [0, 0.1) is 13.8 Å². The highest BCUT2D eigenvalue weighted by Crippen LogP contribution is 2.22. The molecule has 166 valence electrons. The summed E-state index contributed by atoms with van der Waals surface area (Å²) in [6.45, 7) is 4.85. The molecule has 0 unspecified atom stereocenters. The number of amides is 1. The number of hydrogen-bond acceptors (Lipinski definition) is 6. The zero-order valence-electron chi connectivity index (χ0n) is 17.7. The first-order valence-corrected chi connectivity index (χ1v) is 11.7. The second-order valence-electron chi connectivity index (χ2n) is 7.68. The van der Waals surface area contributed by atoms with Gasteiger partial charge in [-0.25, -0.2) is 18.4 Å². The van der Waals surface area contributed by atoms with Crippen LogP contribution in [-0.2, 0) is 19.6 Å². The van der Waals surface area contributed by atoms with Crippen LogP contribution in [0.15, 0.2) is 41.3 Å². The van der Waals surface area contributed by atoms with E-state index >= 15 is 0 Å². The zero-order chi connectivity index (χ0) is 22.6. The van der Waals surface area contributed by atoms with Crippen LogP contribution in [-0.4, -0.2) is 40.0 Å². The SMILES string of the molecule is Cc1cc(C(=O)OCC(=O)Nc2ccc(N3CCCCC3)cc2)cc(S(N)(=O)=O)c1C. The smallest absolute Gasteiger partial charge is 0.338 e. The van der Waals surface area contributed by atoms with E-state index in [4.69, 9.17) is 9.88 Å². The Hall–Kier alpha value is -2.91. The van der Waals surface area contributed by atoms with Crippen molar-refractivity contribution in [1.82, 2.24) is 0 Å². The summed E-state index contributed by atoms with van der Waals surface area (Å²) in [6.07, 6.45) is 3.63. The molecule has 9 heteroatoms. The number of rotatable bonds is 6. The molecule has 0 aliphatic carbocycles. The van der Waals surface area contributed by atoms with E-state index in [0.717, 1.165) is 24.8 Å². The number of carbonyl (C=O) groups excluding carboxylic acids is 2. The van der Waals surface area contributed by atoms with E-state index in [-0.39, 0.29) is 10.5 Å². The van der Waals surface area contributed by atoms with Gasteiger partial charge in [-0.05, 0) is 80.6 Å². The molecule has 3 N–H and O–H groups in total. The summed E-state index contributed by atoms with van der Waals surface area (Å²) >= 11 is 0. The van der Waals surface area contributed by atoms with E-state index < -0.39 is 28.5 Å². The predicted octanol–water partition coefficient (Wildman–Crippen LogP) is 2.74. The van der Waals surface area contributed by atoms with Gasteiger partial charge in [-0.3, -0.25) is 4.79 Å². The Morgan fingerprint density at radius 3 is 2.32 bits per heavy atom. The fourth-order valence-corrected chi connectivity index (χ4v) is 4.44. The van der Waals surface area contributed by atoms with E-state index in [1.165, 1.54) is 25.3 Å². The normalized spacial score (nSPS) is 14.2. The summed E-state index contributed by atoms with van der Waals surface area (Å²) in [6, 6.07) is 10.2. The molecule has 0 bridgehead atoms. The summed E-state index contributed by atoms with van der Waals surface area (Å²) in [5.41, 5.74) is 2.78. The Kier molecular flexibility index (Phi) is 6.97. The van der Waals surface area contributed by atoms with Crippen LogP contribution in [0.3, 0.4) is 0 Å². The largest absolute Gasteiger partial charge is 0.452 e. The van der Waals surface area contributed by atoms with Crippen molar-refractivity contribution in [2.24, 2.45) is 5.14 Å². The van der Waals surface area contributed by atoms with Gasteiger partial charge in [0.1, 0.15) is 0 Å². The number of sulfonamides is 1. The Morgan fingerprint density at radius 2 is 1.71 bits per heavy atom. The molecule has 1 aliphatic heterocycles. The molecular formula is C22H27N3O5S. The first-order valence-electron chi connectivity index (χ1n) is 10.1. The summed E-state index contributed by atoms with van der Waals surface area (Å²) < 4.78 is 28.5. The lowest BCUT2D eigenvalue weighted by Gasteiger charge is -2.28. The Bertz CT molecular complexity index is 1080. The molecule has 1 fully saturated rings. The van der Waals surface area contributed by atoms with Gasteiger partial charge in [-0.1, -0.05) is 0 Å². The number of anilines is 2. The van der Waals surface area contributed by atoms with Crippen LogP contribution >= 0.6 is 0 Å². The lowest BCUT2D eigenvalue weighted by Crippen LogP contribution is -2.29. The number of hydrogen-bond donors (Lipinski definition) is 2. The number of aryl methyl sites for hydroxylation is 1. The Labute approximate surface area is 182 Å². The van der Waals surface area contributed by atoms with Crippen molar-refractivity contribution in [2.45, 2.75) is 38.0 Å². The van der Waals surface area contributed by atoms with Crippen LogP contribution in [0.25, 0.3) is 0 Å². The molecule has 0 saturated carbocycles. The van der Waals surface area contributed by atoms with Crippen molar-refractivity contribution in [3.8, 4) is 0 Å². The molecule has 1 heterocycles. The lowest BCUT2D eigenvalue weighted by atomic mass is 10.1. The van der Waals surface area contributed by atoms with Crippen molar-refractivity contribution in [3.63, 3.8) is 0 Å². The quantitative estimate of drug-likeness (QED) is 0.660. The number of carbonyl (C=O) groups is 2. The number of ether oxygens (including phenoxy) is 1. The monoisotopic (exact) mass is 445 g/mol. The van der Waals surface area contributed by atoms with Gasteiger partial charge in [0.05, 0.1) is 10.5 Å². The number of piperidine rings is 1. The number of primary sulfonamides is 1. The van der Waals surface area contributed by atoms with E-state index in [1.54, 1.807) is 13.8 Å². The van der Waals surface area contributed by atoms with Gasteiger partial charge >= 0.3 is 5.97 Å². The highest BCUT2D eigenvalue weighted by Gasteiger charge is 2.19. The van der Waals surface area contributed by atoms with Gasteiger partial charge in [0.2, 0.25) is 10.0 Å². The van der Waals surface area contributed by atoms with E-state index in [2.05, 4.69) is 10.2 Å². The summed E-state index contributed by atoms with van der Waals surface area (Å²) in [5, 5.41) is 7.90. The molecule has 1 aliphatic rings. The first-order chi connectivity index (χ1) is 14.6. The number of nitrogens with two attached hydrogens (primary N) is 1. The molecule has 0 radical (unpaired) electrons. The van der Waals surface area contributed by atoms with Crippen molar-refractivity contribution in [1.29, 1.82) is 0 Å². The van der Waals surface area contributed by atoms with Crippen LogP contribution in [0.2, 0.25) is 0 Å². The average molecular weight is 446 g/mol. The third-order valence-electron chi connectivity index (χ3n) is 5.37. The second kappa shape index (κ2) is 9.49. The predicted molar refractivity (Wildman–Crippen MR) is 119 cm³/mol. The van der Waals surface area contributed by atoms with Gasteiger partial charge < -0.3 is 15.0 Å². The van der Waals surface area contributed by atoms with E-state index in [0.29, 0.717) is 16.8 Å². The topological polar surface area (TPSA) is 119 Å². The molecule has 2 aromatic rings. The van der Waals surface area contributed by atoms with Crippen LogP contribution in [0.5, 0.6) is 0 Å². The number of nitrogens with zero attached hydrogens (tertiary/aromatic N) is 1. The van der Waals surface area contributed by atoms with Gasteiger partial charge in [-0.15, -0.1) is 0 Å². The minimum Gasteiger partial charge on any atom is -0.452 e. The number of esters is 1. The molecule has 3 rings (SSSR count). The van der Waals surface area contributed by atoms with Crippen LogP contribution < -0.4 is 15.4 Å². The van der Waals surface area contributed by atoms with Crippen molar-refractivity contribution < 1.29 is 22.7 Å². The standard InChI is InChI=1S/C22H27N3O5S/c1-15-12-17(13-20(16(15)2)31(23,28)29)22(27)30-14-21(26)24-18-6-8-19(9-7-18)25-10-4-3-5-11-25/h6-9,12-13H,3-5,10-11,14H2,1-2H3,(H,24,26)(H2,23,28,29). The molecule has 0 aromatic heterocycles. The second-order valence-corrected chi connectivity index (χ2v) is 9.21. The molecule has 31 heavy (non-hydrogen) atoms. The van der Waals surface area contributed by atoms with E-state index in [1.807, 2.05) is 24.3 Å². The van der Waals surface area contributed by atoms with Gasteiger partial charge in [-0.2, -0.15) is 0 Å². The maximum absolute atomic E-state index is 12.3. The Balaban J connectivity index is 1.58. The molecule has 0 spiro atoms. The van der Waals surface area contributed by atoms with Crippen molar-refractivity contribution in [3.05, 3.63) is 53.1 Å². The highest BCUT2D eigenvalue weighted by atomic mass is 32.2. The molecule has 2 aromatic carbocycles. The fraction of sp³-hybridized carbons (Fsp3) is 0.364. The number of benzene rings is 2. The minimum absolute atomic E-state index is 0.0193.